The zero-order chi connectivity index (χ0) is 22.0. The molecule has 0 spiro atoms. The molecule has 0 aliphatic heterocycles. The monoisotopic (exact) mass is 422 g/mol. The maximum Gasteiger partial charge on any atom is 0.309 e. The Morgan fingerprint density at radius 2 is 1.41 bits per heavy atom. The fourth-order valence-electron chi connectivity index (χ4n) is 4.73. The highest BCUT2D eigenvalue weighted by molar-refractivity contribution is 5.77. The Morgan fingerprint density at radius 1 is 0.906 bits per heavy atom. The van der Waals surface area contributed by atoms with Gasteiger partial charge in [-0.05, 0) is 30.0 Å². The largest absolute Gasteiger partial charge is 0.466 e. The SMILES string of the molecule is CCOC(=O)C1CC1c1cn(C(c2ccccc2)(c2ccccc2)c2ccccc2)cn1. The number of esters is 1. The molecule has 3 aromatic carbocycles. The smallest absolute Gasteiger partial charge is 0.309 e. The van der Waals surface area contributed by atoms with Crippen LogP contribution in [0.1, 0.15) is 41.6 Å². The predicted octanol–water partition coefficient (Wildman–Crippen LogP) is 5.39. The van der Waals surface area contributed by atoms with Gasteiger partial charge in [0.25, 0.3) is 0 Å². The maximum absolute atomic E-state index is 12.2. The molecule has 0 bridgehead atoms. The molecule has 2 unspecified atom stereocenters. The minimum atomic E-state index is -0.580. The lowest BCUT2D eigenvalue weighted by molar-refractivity contribution is -0.144. The highest BCUT2D eigenvalue weighted by Gasteiger charge is 2.47. The van der Waals surface area contributed by atoms with E-state index in [4.69, 9.17) is 9.72 Å². The third-order valence-corrected chi connectivity index (χ3v) is 6.32. The normalized spacial score (nSPS) is 17.7. The summed E-state index contributed by atoms with van der Waals surface area (Å²) in [6.07, 6.45) is 4.81. The van der Waals surface area contributed by atoms with E-state index in [1.165, 1.54) is 0 Å². The van der Waals surface area contributed by atoms with Crippen molar-refractivity contribution in [3.63, 3.8) is 0 Å². The van der Waals surface area contributed by atoms with Crippen molar-refractivity contribution in [2.75, 3.05) is 6.61 Å². The van der Waals surface area contributed by atoms with Crippen molar-refractivity contribution in [1.29, 1.82) is 0 Å². The van der Waals surface area contributed by atoms with Crippen LogP contribution >= 0.6 is 0 Å². The highest BCUT2D eigenvalue weighted by Crippen LogP contribution is 2.49. The summed E-state index contributed by atoms with van der Waals surface area (Å²) < 4.78 is 7.42. The number of hydrogen-bond donors (Lipinski definition) is 0. The van der Waals surface area contributed by atoms with E-state index in [2.05, 4.69) is 83.6 Å². The fourth-order valence-corrected chi connectivity index (χ4v) is 4.73. The number of rotatable bonds is 7. The van der Waals surface area contributed by atoms with Gasteiger partial charge >= 0.3 is 5.97 Å². The lowest BCUT2D eigenvalue weighted by Gasteiger charge is -2.37. The van der Waals surface area contributed by atoms with Gasteiger partial charge in [0.05, 0.1) is 24.5 Å². The molecular formula is C28H26N2O2. The van der Waals surface area contributed by atoms with Gasteiger partial charge in [-0.25, -0.2) is 4.98 Å². The predicted molar refractivity (Wildman–Crippen MR) is 124 cm³/mol. The molecule has 32 heavy (non-hydrogen) atoms. The van der Waals surface area contributed by atoms with Crippen molar-refractivity contribution in [3.05, 3.63) is 126 Å². The Kier molecular flexibility index (Phi) is 5.36. The molecule has 1 aliphatic rings. The van der Waals surface area contributed by atoms with Crippen LogP contribution in [0.3, 0.4) is 0 Å². The molecule has 1 aliphatic carbocycles. The van der Waals surface area contributed by atoms with Gasteiger partial charge < -0.3 is 9.30 Å². The molecule has 2 atom stereocenters. The van der Waals surface area contributed by atoms with Gasteiger partial charge in [-0.15, -0.1) is 0 Å². The Hall–Kier alpha value is -3.66. The number of carbonyl (C=O) groups excluding carboxylic acids is 1. The summed E-state index contributed by atoms with van der Waals surface area (Å²) >= 11 is 0. The minimum Gasteiger partial charge on any atom is -0.466 e. The molecule has 1 aromatic heterocycles. The fraction of sp³-hybridized carbons (Fsp3) is 0.214. The average Bonchev–Trinajstić information content (AvgIpc) is 3.51. The summed E-state index contributed by atoms with van der Waals surface area (Å²) in [6.45, 7) is 2.26. The molecule has 4 nitrogen and oxygen atoms in total. The van der Waals surface area contributed by atoms with Gasteiger partial charge in [-0.2, -0.15) is 0 Å². The molecule has 1 heterocycles. The van der Waals surface area contributed by atoms with E-state index < -0.39 is 5.54 Å². The molecule has 0 N–H and O–H groups in total. The van der Waals surface area contributed by atoms with Crippen LogP contribution in [-0.4, -0.2) is 22.1 Å². The van der Waals surface area contributed by atoms with Crippen molar-refractivity contribution in [2.45, 2.75) is 24.8 Å². The van der Waals surface area contributed by atoms with Gasteiger partial charge in [0.2, 0.25) is 0 Å². The number of imidazole rings is 1. The highest BCUT2D eigenvalue weighted by atomic mass is 16.5. The van der Waals surface area contributed by atoms with Crippen LogP contribution < -0.4 is 0 Å². The van der Waals surface area contributed by atoms with Crippen LogP contribution in [0.4, 0.5) is 0 Å². The summed E-state index contributed by atoms with van der Waals surface area (Å²) in [5, 5.41) is 0. The van der Waals surface area contributed by atoms with Crippen molar-refractivity contribution < 1.29 is 9.53 Å². The Labute approximate surface area is 188 Å². The van der Waals surface area contributed by atoms with Crippen LogP contribution in [0.5, 0.6) is 0 Å². The number of benzene rings is 3. The second kappa shape index (κ2) is 8.46. The summed E-state index contributed by atoms with van der Waals surface area (Å²) in [5.74, 6) is -0.0827. The molecular weight excluding hydrogens is 396 g/mol. The molecule has 4 heteroatoms. The standard InChI is InChI=1S/C28H26N2O2/c1-2-32-27(31)25-18-24(25)26-19-30(20-29-26)28(21-12-6-3-7-13-21,22-14-8-4-9-15-22)23-16-10-5-11-17-23/h3-17,19-20,24-25H,2,18H2,1H3. The molecule has 0 radical (unpaired) electrons. The first-order valence-electron chi connectivity index (χ1n) is 11.1. The van der Waals surface area contributed by atoms with E-state index in [-0.39, 0.29) is 17.8 Å². The topological polar surface area (TPSA) is 44.1 Å². The van der Waals surface area contributed by atoms with E-state index in [1.54, 1.807) is 0 Å². The zero-order valence-electron chi connectivity index (χ0n) is 18.1. The van der Waals surface area contributed by atoms with Gasteiger partial charge in [0, 0.05) is 12.1 Å². The first-order chi connectivity index (χ1) is 15.7. The Balaban J connectivity index is 1.67. The Bertz CT molecular complexity index is 1090. The molecule has 160 valence electrons. The van der Waals surface area contributed by atoms with Crippen LogP contribution in [0, 0.1) is 5.92 Å². The summed E-state index contributed by atoms with van der Waals surface area (Å²) in [4.78, 5) is 17.0. The minimum absolute atomic E-state index is 0.0853. The average molecular weight is 423 g/mol. The summed E-state index contributed by atoms with van der Waals surface area (Å²) in [5.41, 5.74) is 3.82. The van der Waals surface area contributed by atoms with E-state index in [1.807, 2.05) is 31.5 Å². The Morgan fingerprint density at radius 3 is 1.88 bits per heavy atom. The first kappa shape index (κ1) is 20.3. The number of ether oxygens (including phenoxy) is 1. The third-order valence-electron chi connectivity index (χ3n) is 6.32. The maximum atomic E-state index is 12.2. The summed E-state index contributed by atoms with van der Waals surface area (Å²) in [6, 6.07) is 31.6. The van der Waals surface area contributed by atoms with Crippen molar-refractivity contribution in [1.82, 2.24) is 9.55 Å². The van der Waals surface area contributed by atoms with Gasteiger partial charge in [-0.3, -0.25) is 4.79 Å². The second-order valence-corrected chi connectivity index (χ2v) is 8.22. The number of nitrogens with zero attached hydrogens (tertiary/aromatic N) is 2. The molecule has 1 saturated carbocycles. The molecule has 0 saturated heterocycles. The van der Waals surface area contributed by atoms with Crippen LogP contribution in [-0.2, 0) is 15.1 Å². The van der Waals surface area contributed by atoms with Crippen LogP contribution in [0.25, 0.3) is 0 Å². The molecule has 5 rings (SSSR count). The zero-order valence-corrected chi connectivity index (χ0v) is 18.1. The van der Waals surface area contributed by atoms with Crippen molar-refractivity contribution in [3.8, 4) is 0 Å². The lowest BCUT2D eigenvalue weighted by atomic mass is 9.77. The number of carbonyl (C=O) groups is 1. The third kappa shape index (κ3) is 3.42. The van der Waals surface area contributed by atoms with E-state index in [0.29, 0.717) is 6.61 Å². The molecule has 4 aromatic rings. The van der Waals surface area contributed by atoms with Gasteiger partial charge in [-0.1, -0.05) is 91.0 Å². The van der Waals surface area contributed by atoms with Crippen LogP contribution in [0.15, 0.2) is 104 Å². The van der Waals surface area contributed by atoms with Crippen molar-refractivity contribution >= 4 is 5.97 Å². The van der Waals surface area contributed by atoms with E-state index in [9.17, 15) is 4.79 Å². The quantitative estimate of drug-likeness (QED) is 0.296. The van der Waals surface area contributed by atoms with Crippen molar-refractivity contribution in [2.24, 2.45) is 5.92 Å². The van der Waals surface area contributed by atoms with Gasteiger partial charge in [0.15, 0.2) is 0 Å². The second-order valence-electron chi connectivity index (χ2n) is 8.22. The number of hydrogen-bond acceptors (Lipinski definition) is 3. The van der Waals surface area contributed by atoms with E-state index >= 15 is 0 Å². The lowest BCUT2D eigenvalue weighted by Crippen LogP contribution is -2.36. The molecule has 1 fully saturated rings. The van der Waals surface area contributed by atoms with Crippen LogP contribution in [0.2, 0.25) is 0 Å². The van der Waals surface area contributed by atoms with E-state index in [0.717, 1.165) is 28.8 Å². The first-order valence-corrected chi connectivity index (χ1v) is 11.1. The number of aromatic nitrogens is 2. The molecule has 0 amide bonds. The summed E-state index contributed by atoms with van der Waals surface area (Å²) in [7, 11) is 0. The van der Waals surface area contributed by atoms with Gasteiger partial charge in [0.1, 0.15) is 5.54 Å².